The number of benzene rings is 1. The molecule has 96 valence electrons. The van der Waals surface area contributed by atoms with Gasteiger partial charge in [-0.3, -0.25) is 4.79 Å². The summed E-state index contributed by atoms with van der Waals surface area (Å²) >= 11 is 0. The van der Waals surface area contributed by atoms with Gasteiger partial charge < -0.3 is 15.4 Å². The molecule has 0 aromatic heterocycles. The van der Waals surface area contributed by atoms with E-state index < -0.39 is 6.04 Å². The Morgan fingerprint density at radius 3 is 2.83 bits per heavy atom. The highest BCUT2D eigenvalue weighted by Gasteiger charge is 2.20. The molecular formula is C13H17N3O2. The van der Waals surface area contributed by atoms with Gasteiger partial charge in [0, 0.05) is 20.8 Å². The first kappa shape index (κ1) is 14.2. The molecule has 1 aromatic carbocycles. The molecule has 5 nitrogen and oxygen atoms in total. The van der Waals surface area contributed by atoms with Crippen LogP contribution >= 0.6 is 0 Å². The summed E-state index contributed by atoms with van der Waals surface area (Å²) in [6, 6.07) is 8.35. The molecule has 1 rings (SSSR count). The molecule has 0 radical (unpaired) electrons. The number of rotatable bonds is 5. The number of methoxy groups -OCH3 is 1. The van der Waals surface area contributed by atoms with E-state index in [1.54, 1.807) is 38.4 Å². The first-order chi connectivity index (χ1) is 8.61. The minimum absolute atomic E-state index is 0.227. The fourth-order valence-electron chi connectivity index (χ4n) is 1.60. The van der Waals surface area contributed by atoms with Crippen molar-refractivity contribution in [2.24, 2.45) is 5.73 Å². The van der Waals surface area contributed by atoms with Gasteiger partial charge in [-0.05, 0) is 18.6 Å². The van der Waals surface area contributed by atoms with E-state index in [0.717, 1.165) is 0 Å². The standard InChI is InChI=1S/C13H17N3O2/c1-16(13(17)11(15)7-8-18-2)12-6-4-3-5-10(12)9-14/h3-6,11H,7-8,15H2,1-2H3. The zero-order valence-electron chi connectivity index (χ0n) is 10.6. The lowest BCUT2D eigenvalue weighted by Crippen LogP contribution is -2.42. The Balaban J connectivity index is 2.83. The Morgan fingerprint density at radius 2 is 2.22 bits per heavy atom. The van der Waals surface area contributed by atoms with Gasteiger partial charge >= 0.3 is 0 Å². The second-order valence-electron chi connectivity index (χ2n) is 3.91. The molecule has 1 amide bonds. The van der Waals surface area contributed by atoms with Crippen LogP contribution in [0.1, 0.15) is 12.0 Å². The molecule has 0 spiro atoms. The fourth-order valence-corrected chi connectivity index (χ4v) is 1.60. The summed E-state index contributed by atoms with van der Waals surface area (Å²) < 4.78 is 4.89. The summed E-state index contributed by atoms with van der Waals surface area (Å²) in [6.07, 6.45) is 0.453. The zero-order valence-corrected chi connectivity index (χ0v) is 10.6. The lowest BCUT2D eigenvalue weighted by Gasteiger charge is -2.22. The number of hydrogen-bond acceptors (Lipinski definition) is 4. The van der Waals surface area contributed by atoms with Gasteiger partial charge in [0.2, 0.25) is 5.91 Å². The van der Waals surface area contributed by atoms with Crippen LogP contribution in [-0.4, -0.2) is 32.7 Å². The Labute approximate surface area is 107 Å². The number of anilines is 1. The number of nitrogens with two attached hydrogens (primary N) is 1. The highest BCUT2D eigenvalue weighted by Crippen LogP contribution is 2.18. The zero-order chi connectivity index (χ0) is 13.5. The number of carbonyl (C=O) groups is 1. The van der Waals surface area contributed by atoms with Gasteiger partial charge in [-0.25, -0.2) is 0 Å². The van der Waals surface area contributed by atoms with Crippen molar-refractivity contribution in [2.75, 3.05) is 25.7 Å². The molecule has 2 N–H and O–H groups in total. The topological polar surface area (TPSA) is 79.3 Å². The number of likely N-dealkylation sites (N-methyl/N-ethyl adjacent to an activating group) is 1. The Kier molecular flexibility index (Phi) is 5.31. The first-order valence-corrected chi connectivity index (χ1v) is 5.63. The fraction of sp³-hybridized carbons (Fsp3) is 0.385. The Bertz CT molecular complexity index is 454. The lowest BCUT2D eigenvalue weighted by molar-refractivity contribution is -0.119. The van der Waals surface area contributed by atoms with E-state index in [9.17, 15) is 4.79 Å². The van der Waals surface area contributed by atoms with E-state index in [0.29, 0.717) is 24.3 Å². The number of amides is 1. The van der Waals surface area contributed by atoms with Crippen LogP contribution in [0.15, 0.2) is 24.3 Å². The Morgan fingerprint density at radius 1 is 1.56 bits per heavy atom. The minimum atomic E-state index is -0.623. The van der Waals surface area contributed by atoms with Crippen LogP contribution in [0.4, 0.5) is 5.69 Å². The van der Waals surface area contributed by atoms with Crippen LogP contribution in [0.5, 0.6) is 0 Å². The maximum absolute atomic E-state index is 12.1. The molecule has 0 bridgehead atoms. The van der Waals surface area contributed by atoms with Gasteiger partial charge in [-0.1, -0.05) is 12.1 Å². The average molecular weight is 247 g/mol. The van der Waals surface area contributed by atoms with Crippen molar-refractivity contribution < 1.29 is 9.53 Å². The van der Waals surface area contributed by atoms with E-state index in [-0.39, 0.29) is 5.91 Å². The second kappa shape index (κ2) is 6.74. The molecular weight excluding hydrogens is 230 g/mol. The molecule has 0 saturated heterocycles. The van der Waals surface area contributed by atoms with Gasteiger partial charge in [-0.2, -0.15) is 5.26 Å². The monoisotopic (exact) mass is 247 g/mol. The third kappa shape index (κ3) is 3.29. The van der Waals surface area contributed by atoms with Gasteiger partial charge in [-0.15, -0.1) is 0 Å². The summed E-state index contributed by atoms with van der Waals surface area (Å²) in [6.45, 7) is 0.431. The van der Waals surface area contributed by atoms with Crippen LogP contribution < -0.4 is 10.6 Å². The molecule has 5 heteroatoms. The maximum Gasteiger partial charge on any atom is 0.243 e. The molecule has 0 aliphatic carbocycles. The molecule has 1 atom stereocenters. The molecule has 0 saturated carbocycles. The summed E-state index contributed by atoms with van der Waals surface area (Å²) in [4.78, 5) is 13.5. The highest BCUT2D eigenvalue weighted by molar-refractivity contribution is 5.97. The van der Waals surface area contributed by atoms with Crippen LogP contribution in [0, 0.1) is 11.3 Å². The van der Waals surface area contributed by atoms with E-state index in [1.807, 2.05) is 0 Å². The van der Waals surface area contributed by atoms with Crippen molar-refractivity contribution >= 4 is 11.6 Å². The van der Waals surface area contributed by atoms with Crippen molar-refractivity contribution in [3.63, 3.8) is 0 Å². The molecule has 18 heavy (non-hydrogen) atoms. The van der Waals surface area contributed by atoms with Gasteiger partial charge in [0.05, 0.1) is 17.3 Å². The van der Waals surface area contributed by atoms with Crippen molar-refractivity contribution in [1.29, 1.82) is 5.26 Å². The molecule has 0 aliphatic rings. The highest BCUT2D eigenvalue weighted by atomic mass is 16.5. The summed E-state index contributed by atoms with van der Waals surface area (Å²) in [5.41, 5.74) is 6.80. The van der Waals surface area contributed by atoms with Gasteiger partial charge in [0.15, 0.2) is 0 Å². The number of nitriles is 1. The lowest BCUT2D eigenvalue weighted by atomic mass is 10.1. The largest absolute Gasteiger partial charge is 0.385 e. The summed E-state index contributed by atoms with van der Waals surface area (Å²) in [5.74, 6) is -0.227. The van der Waals surface area contributed by atoms with Crippen molar-refractivity contribution in [1.82, 2.24) is 0 Å². The summed E-state index contributed by atoms with van der Waals surface area (Å²) in [5, 5.41) is 8.99. The number of nitrogens with zero attached hydrogens (tertiary/aromatic N) is 2. The normalized spacial score (nSPS) is 11.7. The van der Waals surface area contributed by atoms with Gasteiger partial charge in [0.25, 0.3) is 0 Å². The SMILES string of the molecule is COCCC(N)C(=O)N(C)c1ccccc1C#N. The van der Waals surface area contributed by atoms with Crippen LogP contribution in [0.25, 0.3) is 0 Å². The van der Waals surface area contributed by atoms with E-state index in [4.69, 9.17) is 15.7 Å². The van der Waals surface area contributed by atoms with E-state index in [2.05, 4.69) is 6.07 Å². The molecule has 0 heterocycles. The second-order valence-corrected chi connectivity index (χ2v) is 3.91. The quantitative estimate of drug-likeness (QED) is 0.837. The number of para-hydroxylation sites is 1. The van der Waals surface area contributed by atoms with Crippen LogP contribution in [0.2, 0.25) is 0 Å². The van der Waals surface area contributed by atoms with Crippen molar-refractivity contribution in [2.45, 2.75) is 12.5 Å². The molecule has 1 unspecified atom stereocenters. The van der Waals surface area contributed by atoms with E-state index in [1.165, 1.54) is 4.90 Å². The molecule has 0 aliphatic heterocycles. The predicted molar refractivity (Wildman–Crippen MR) is 69.0 cm³/mol. The first-order valence-electron chi connectivity index (χ1n) is 5.63. The van der Waals surface area contributed by atoms with Crippen LogP contribution in [-0.2, 0) is 9.53 Å². The average Bonchev–Trinajstić information content (AvgIpc) is 2.42. The maximum atomic E-state index is 12.1. The van der Waals surface area contributed by atoms with E-state index >= 15 is 0 Å². The Hall–Kier alpha value is -1.90. The predicted octanol–water partition coefficient (Wildman–Crippen LogP) is 0.885. The van der Waals surface area contributed by atoms with Crippen LogP contribution in [0.3, 0.4) is 0 Å². The molecule has 0 fully saturated rings. The smallest absolute Gasteiger partial charge is 0.243 e. The third-order valence-electron chi connectivity index (χ3n) is 2.67. The third-order valence-corrected chi connectivity index (χ3v) is 2.67. The summed E-state index contributed by atoms with van der Waals surface area (Å²) in [7, 11) is 3.18. The number of carbonyl (C=O) groups excluding carboxylic acids is 1. The van der Waals surface area contributed by atoms with Gasteiger partial charge in [0.1, 0.15) is 6.07 Å². The van der Waals surface area contributed by atoms with Crippen molar-refractivity contribution in [3.8, 4) is 6.07 Å². The number of ether oxygens (including phenoxy) is 1. The molecule has 1 aromatic rings. The minimum Gasteiger partial charge on any atom is -0.385 e. The number of hydrogen-bond donors (Lipinski definition) is 1. The van der Waals surface area contributed by atoms with Crippen molar-refractivity contribution in [3.05, 3.63) is 29.8 Å².